The minimum Gasteiger partial charge on any atom is -0.390 e. The Labute approximate surface area is 267 Å². The fourth-order valence-corrected chi connectivity index (χ4v) is 8.42. The van der Waals surface area contributed by atoms with Crippen LogP contribution in [0.2, 0.25) is 0 Å². The number of rotatable bonds is 3. The van der Waals surface area contributed by atoms with E-state index in [-0.39, 0.29) is 12.4 Å². The summed E-state index contributed by atoms with van der Waals surface area (Å²) in [5, 5.41) is 19.1. The molecule has 0 saturated heterocycles. The van der Waals surface area contributed by atoms with Crippen molar-refractivity contribution < 1.29 is 5.11 Å². The number of thiophene rings is 2. The molecule has 0 radical (unpaired) electrons. The first kappa shape index (κ1) is 30.9. The zero-order valence-electron chi connectivity index (χ0n) is 26.7. The summed E-state index contributed by atoms with van der Waals surface area (Å²) in [4.78, 5) is 21.3. The van der Waals surface area contributed by atoms with Crippen molar-refractivity contribution in [1.29, 1.82) is 5.41 Å². The lowest BCUT2D eigenvalue weighted by Crippen LogP contribution is -2.27. The van der Waals surface area contributed by atoms with Crippen molar-refractivity contribution in [3.63, 3.8) is 0 Å². The molecule has 0 amide bonds. The predicted molar refractivity (Wildman–Crippen MR) is 184 cm³/mol. The third kappa shape index (κ3) is 6.32. The molecule has 0 bridgehead atoms. The fraction of sp³-hybridized carbons (Fsp3) is 0.486. The standard InChI is InChI=1S/C19H23N3OS.C16H21N3S/c1-19(2,3)13-4-5-15-11(7-13)6-12-8-16(24-18(12)22-15)17-20-9-14(10-23)21-17;1-16(2,3)11-4-5-12-9(7-11)6-10-8-13(14(17)18)20-15(10)19-12/h6,8-9,13,23H,4-5,7,10H2,1-3H3,(H,20,21);6,8,11H,4-5,7H2,1-3H3,(H3,17,18). The number of nitrogens with two attached hydrogens (primary N) is 1. The number of H-pyrrole nitrogens is 1. The first-order valence-corrected chi connectivity index (χ1v) is 17.3. The lowest BCUT2D eigenvalue weighted by Gasteiger charge is -2.34. The molecular formula is C35H44N6OS2. The number of aliphatic hydroxyl groups is 1. The largest absolute Gasteiger partial charge is 0.390 e. The Balaban J connectivity index is 0.000000159. The molecule has 0 aliphatic heterocycles. The van der Waals surface area contributed by atoms with Gasteiger partial charge in [0.25, 0.3) is 0 Å². The molecule has 5 N–H and O–H groups in total. The molecule has 7 rings (SSSR count). The normalized spacial score (nSPS) is 18.5. The molecule has 2 atom stereocenters. The third-order valence-corrected chi connectivity index (χ3v) is 11.6. The number of nitrogens with one attached hydrogen (secondary N) is 2. The Hall–Kier alpha value is -3.14. The Morgan fingerprint density at radius 2 is 1.43 bits per heavy atom. The van der Waals surface area contributed by atoms with Gasteiger partial charge in [0.2, 0.25) is 0 Å². The molecule has 0 fully saturated rings. The molecule has 2 aliphatic carbocycles. The molecule has 0 saturated carbocycles. The minimum atomic E-state index is -0.0152. The molecule has 7 nitrogen and oxygen atoms in total. The lowest BCUT2D eigenvalue weighted by atomic mass is 9.71. The van der Waals surface area contributed by atoms with Crippen LogP contribution < -0.4 is 5.73 Å². The number of aromatic nitrogens is 4. The highest BCUT2D eigenvalue weighted by Gasteiger charge is 2.31. The second kappa shape index (κ2) is 11.7. The van der Waals surface area contributed by atoms with Crippen LogP contribution in [0.25, 0.3) is 31.1 Å². The monoisotopic (exact) mass is 628 g/mol. The molecule has 2 unspecified atom stereocenters. The third-order valence-electron chi connectivity index (χ3n) is 9.49. The van der Waals surface area contributed by atoms with Gasteiger partial charge in [0.05, 0.1) is 28.3 Å². The summed E-state index contributed by atoms with van der Waals surface area (Å²) in [5.41, 5.74) is 12.3. The number of amidine groups is 1. The molecular weight excluding hydrogens is 585 g/mol. The molecule has 0 spiro atoms. The molecule has 2 aliphatic rings. The topological polar surface area (TPSA) is 125 Å². The van der Waals surface area contributed by atoms with Crippen molar-refractivity contribution in [1.82, 2.24) is 19.9 Å². The van der Waals surface area contributed by atoms with Gasteiger partial charge in [0.15, 0.2) is 0 Å². The van der Waals surface area contributed by atoms with Crippen LogP contribution in [0.5, 0.6) is 0 Å². The van der Waals surface area contributed by atoms with Gasteiger partial charge >= 0.3 is 0 Å². The summed E-state index contributed by atoms with van der Waals surface area (Å²) in [6.45, 7) is 14.0. The molecule has 9 heteroatoms. The average Bonchev–Trinajstić information content (AvgIpc) is 3.71. The summed E-state index contributed by atoms with van der Waals surface area (Å²) < 4.78 is 0. The van der Waals surface area contributed by atoms with Gasteiger partial charge in [-0.15, -0.1) is 22.7 Å². The Morgan fingerprint density at radius 3 is 1.93 bits per heavy atom. The number of aliphatic hydroxyl groups excluding tert-OH is 1. The van der Waals surface area contributed by atoms with E-state index in [1.165, 1.54) is 52.1 Å². The maximum Gasteiger partial charge on any atom is 0.147 e. The fourth-order valence-electron chi connectivity index (χ4n) is 6.54. The quantitative estimate of drug-likeness (QED) is 0.119. The maximum absolute atomic E-state index is 9.19. The number of nitrogens with zero attached hydrogens (tertiary/aromatic N) is 3. The minimum absolute atomic E-state index is 0.0152. The van der Waals surface area contributed by atoms with Crippen molar-refractivity contribution in [3.8, 4) is 10.7 Å². The van der Waals surface area contributed by atoms with Crippen LogP contribution in [0.1, 0.15) is 87.5 Å². The highest BCUT2D eigenvalue weighted by molar-refractivity contribution is 7.21. The number of fused-ring (bicyclic) bond motifs is 4. The first-order chi connectivity index (χ1) is 20.8. The summed E-state index contributed by atoms with van der Waals surface area (Å²) in [6.07, 6.45) is 8.53. The van der Waals surface area contributed by atoms with Gasteiger partial charge in [0.1, 0.15) is 21.3 Å². The number of aromatic amines is 1. The van der Waals surface area contributed by atoms with Crippen LogP contribution in [0.15, 0.2) is 30.5 Å². The summed E-state index contributed by atoms with van der Waals surface area (Å²) in [5.74, 6) is 2.39. The number of hydrogen-bond donors (Lipinski definition) is 4. The Morgan fingerprint density at radius 1 is 0.886 bits per heavy atom. The molecule has 232 valence electrons. The van der Waals surface area contributed by atoms with Gasteiger partial charge in [-0.3, -0.25) is 5.41 Å². The number of hydrogen-bond acceptors (Lipinski definition) is 7. The number of nitrogen functional groups attached to an aromatic ring is 1. The molecule has 5 heterocycles. The van der Waals surface area contributed by atoms with Crippen molar-refractivity contribution in [2.45, 2.75) is 86.7 Å². The van der Waals surface area contributed by atoms with Crippen LogP contribution in [-0.2, 0) is 32.3 Å². The number of aryl methyl sites for hydroxylation is 2. The number of pyridine rings is 2. The molecule has 5 aromatic rings. The summed E-state index contributed by atoms with van der Waals surface area (Å²) in [7, 11) is 0. The van der Waals surface area contributed by atoms with E-state index in [9.17, 15) is 5.11 Å². The van der Waals surface area contributed by atoms with E-state index in [0.717, 1.165) is 73.8 Å². The van der Waals surface area contributed by atoms with Crippen molar-refractivity contribution in [2.24, 2.45) is 28.4 Å². The smallest absolute Gasteiger partial charge is 0.147 e. The SMILES string of the molecule is CC(C)(C)C1CCc2nc3sc(-c4ncc(CO)[nH]4)cc3cc2C1.CC(C)(C)C1CCc2nc3sc(C(=N)N)cc3cc2C1. The predicted octanol–water partition coefficient (Wildman–Crippen LogP) is 8.06. The summed E-state index contributed by atoms with van der Waals surface area (Å²) >= 11 is 3.19. The van der Waals surface area contributed by atoms with Gasteiger partial charge in [-0.25, -0.2) is 15.0 Å². The average molecular weight is 629 g/mol. The van der Waals surface area contributed by atoms with Crippen LogP contribution in [0.3, 0.4) is 0 Å². The Bertz CT molecular complexity index is 1830. The zero-order chi connectivity index (χ0) is 31.4. The van der Waals surface area contributed by atoms with Gasteiger partial charge < -0.3 is 15.8 Å². The van der Waals surface area contributed by atoms with E-state index in [1.54, 1.807) is 17.5 Å². The second-order valence-electron chi connectivity index (χ2n) is 14.6. The van der Waals surface area contributed by atoms with Gasteiger partial charge in [0, 0.05) is 22.2 Å². The van der Waals surface area contributed by atoms with E-state index in [2.05, 4.69) is 69.7 Å². The van der Waals surface area contributed by atoms with Gasteiger partial charge in [-0.05, 0) is 96.6 Å². The van der Waals surface area contributed by atoms with Crippen LogP contribution in [-0.4, -0.2) is 30.9 Å². The second-order valence-corrected chi connectivity index (χ2v) is 16.7. The van der Waals surface area contributed by atoms with E-state index in [4.69, 9.17) is 21.1 Å². The van der Waals surface area contributed by atoms with Gasteiger partial charge in [-0.1, -0.05) is 41.5 Å². The van der Waals surface area contributed by atoms with Crippen LogP contribution >= 0.6 is 22.7 Å². The van der Waals surface area contributed by atoms with Crippen molar-refractivity contribution in [3.05, 3.63) is 63.5 Å². The lowest BCUT2D eigenvalue weighted by molar-refractivity contribution is 0.215. The highest BCUT2D eigenvalue weighted by atomic mass is 32.1. The summed E-state index contributed by atoms with van der Waals surface area (Å²) in [6, 6.07) is 8.74. The molecule has 5 aromatic heterocycles. The van der Waals surface area contributed by atoms with Crippen LogP contribution in [0.4, 0.5) is 0 Å². The van der Waals surface area contributed by atoms with E-state index in [1.807, 2.05) is 6.07 Å². The zero-order valence-corrected chi connectivity index (χ0v) is 28.3. The molecule has 0 aromatic carbocycles. The number of imidazole rings is 1. The van der Waals surface area contributed by atoms with E-state index >= 15 is 0 Å². The van der Waals surface area contributed by atoms with E-state index in [0.29, 0.717) is 10.8 Å². The molecule has 44 heavy (non-hydrogen) atoms. The first-order valence-electron chi connectivity index (χ1n) is 15.6. The van der Waals surface area contributed by atoms with E-state index < -0.39 is 0 Å². The maximum atomic E-state index is 9.19. The van der Waals surface area contributed by atoms with Crippen molar-refractivity contribution in [2.75, 3.05) is 0 Å². The van der Waals surface area contributed by atoms with Crippen LogP contribution in [0, 0.1) is 28.1 Å². The van der Waals surface area contributed by atoms with Crippen molar-refractivity contribution >= 4 is 48.9 Å². The highest BCUT2D eigenvalue weighted by Crippen LogP contribution is 2.40. The Kier molecular flexibility index (Phi) is 8.18. The van der Waals surface area contributed by atoms with Gasteiger partial charge in [-0.2, -0.15) is 0 Å².